The molecule has 1 saturated heterocycles. The van der Waals surface area contributed by atoms with E-state index >= 15 is 0 Å². The Bertz CT molecular complexity index is 902. The minimum absolute atomic E-state index is 0.0257. The minimum atomic E-state index is -0.310. The molecule has 4 rings (SSSR count). The van der Waals surface area contributed by atoms with E-state index < -0.39 is 0 Å². The van der Waals surface area contributed by atoms with Crippen LogP contribution in [0.3, 0.4) is 0 Å². The van der Waals surface area contributed by atoms with Crippen LogP contribution in [0, 0.1) is 5.92 Å². The summed E-state index contributed by atoms with van der Waals surface area (Å²) in [4.78, 5) is 34.0. The molecule has 6 heteroatoms. The first-order valence-electron chi connectivity index (χ1n) is 8.72. The summed E-state index contributed by atoms with van der Waals surface area (Å²) in [5.74, 6) is 0.327. The van der Waals surface area contributed by atoms with Crippen molar-refractivity contribution < 1.29 is 9.59 Å². The molecule has 0 aliphatic carbocycles. The molecule has 2 aromatic carbocycles. The Morgan fingerprint density at radius 1 is 1.15 bits per heavy atom. The molecule has 3 aromatic rings. The van der Waals surface area contributed by atoms with Crippen LogP contribution >= 0.6 is 0 Å². The van der Waals surface area contributed by atoms with E-state index in [-0.39, 0.29) is 24.2 Å². The first-order chi connectivity index (χ1) is 12.7. The van der Waals surface area contributed by atoms with Gasteiger partial charge < -0.3 is 15.2 Å². The van der Waals surface area contributed by atoms with E-state index in [1.807, 2.05) is 54.6 Å². The number of rotatable bonds is 5. The maximum atomic E-state index is 12.4. The zero-order chi connectivity index (χ0) is 17.9. The van der Waals surface area contributed by atoms with Crippen molar-refractivity contribution in [3.05, 3.63) is 66.0 Å². The SMILES string of the molecule is O=C(NCc1nc2ccccc2[nH]1)C1CC(=O)N(Cc2ccccc2)C1. The molecular formula is C20H20N4O2. The number of aromatic nitrogens is 2. The number of hydrogen-bond acceptors (Lipinski definition) is 3. The van der Waals surface area contributed by atoms with Crippen LogP contribution in [0.2, 0.25) is 0 Å². The molecule has 1 aliphatic heterocycles. The summed E-state index contributed by atoms with van der Waals surface area (Å²) in [6.07, 6.45) is 0.263. The predicted molar refractivity (Wildman–Crippen MR) is 97.9 cm³/mol. The zero-order valence-corrected chi connectivity index (χ0v) is 14.3. The Kier molecular flexibility index (Phi) is 4.39. The Morgan fingerprint density at radius 2 is 1.92 bits per heavy atom. The first-order valence-corrected chi connectivity index (χ1v) is 8.72. The molecule has 0 spiro atoms. The Balaban J connectivity index is 1.34. The first kappa shape index (κ1) is 16.3. The normalized spacial score (nSPS) is 17.0. The molecule has 26 heavy (non-hydrogen) atoms. The smallest absolute Gasteiger partial charge is 0.225 e. The van der Waals surface area contributed by atoms with Crippen LogP contribution in [-0.2, 0) is 22.7 Å². The second-order valence-corrected chi connectivity index (χ2v) is 6.58. The topological polar surface area (TPSA) is 78.1 Å². The molecule has 1 aromatic heterocycles. The van der Waals surface area contributed by atoms with Crippen LogP contribution in [0.4, 0.5) is 0 Å². The molecule has 1 unspecified atom stereocenters. The molecule has 0 bridgehead atoms. The monoisotopic (exact) mass is 348 g/mol. The number of carbonyl (C=O) groups is 2. The summed E-state index contributed by atoms with van der Waals surface area (Å²) in [6, 6.07) is 17.6. The third kappa shape index (κ3) is 3.44. The number of hydrogen-bond donors (Lipinski definition) is 2. The Morgan fingerprint density at radius 3 is 2.73 bits per heavy atom. The van der Waals surface area contributed by atoms with Crippen LogP contribution in [0.1, 0.15) is 17.8 Å². The number of H-pyrrole nitrogens is 1. The number of nitrogens with zero attached hydrogens (tertiary/aromatic N) is 2. The molecule has 2 heterocycles. The number of amides is 2. The number of para-hydroxylation sites is 2. The maximum Gasteiger partial charge on any atom is 0.225 e. The summed E-state index contributed by atoms with van der Waals surface area (Å²) in [5, 5.41) is 2.90. The van der Waals surface area contributed by atoms with Gasteiger partial charge in [-0.3, -0.25) is 9.59 Å². The second kappa shape index (κ2) is 7.00. The standard InChI is InChI=1S/C20H20N4O2/c25-19-10-15(13-24(19)12-14-6-2-1-3-7-14)20(26)21-11-18-22-16-8-4-5-9-17(16)23-18/h1-9,15H,10-13H2,(H,21,26)(H,22,23). The van der Waals surface area contributed by atoms with Gasteiger partial charge in [-0.05, 0) is 17.7 Å². The average molecular weight is 348 g/mol. The largest absolute Gasteiger partial charge is 0.349 e. The summed E-state index contributed by atoms with van der Waals surface area (Å²) < 4.78 is 0. The maximum absolute atomic E-state index is 12.4. The van der Waals surface area contributed by atoms with Crippen LogP contribution in [0.25, 0.3) is 11.0 Å². The molecular weight excluding hydrogens is 328 g/mol. The van der Waals surface area contributed by atoms with Gasteiger partial charge in [-0.15, -0.1) is 0 Å². The lowest BCUT2D eigenvalue weighted by molar-refractivity contribution is -0.129. The summed E-state index contributed by atoms with van der Waals surface area (Å²) in [6.45, 7) is 1.34. The summed E-state index contributed by atoms with van der Waals surface area (Å²) in [7, 11) is 0. The molecule has 6 nitrogen and oxygen atoms in total. The van der Waals surface area contributed by atoms with Crippen LogP contribution in [-0.4, -0.2) is 33.2 Å². The Labute approximate surface area is 151 Å². The number of carbonyl (C=O) groups excluding carboxylic acids is 2. The van der Waals surface area contributed by atoms with Crippen LogP contribution < -0.4 is 5.32 Å². The highest BCUT2D eigenvalue weighted by Crippen LogP contribution is 2.20. The van der Waals surface area contributed by atoms with Crippen molar-refractivity contribution in [3.8, 4) is 0 Å². The van der Waals surface area contributed by atoms with E-state index in [4.69, 9.17) is 0 Å². The fourth-order valence-corrected chi connectivity index (χ4v) is 3.31. The van der Waals surface area contributed by atoms with Gasteiger partial charge in [0.1, 0.15) is 5.82 Å². The van der Waals surface area contributed by atoms with Gasteiger partial charge in [0.05, 0.1) is 23.5 Å². The van der Waals surface area contributed by atoms with E-state index in [9.17, 15) is 9.59 Å². The van der Waals surface area contributed by atoms with Crippen molar-refractivity contribution in [2.45, 2.75) is 19.5 Å². The highest BCUT2D eigenvalue weighted by Gasteiger charge is 2.34. The van der Waals surface area contributed by atoms with Gasteiger partial charge in [-0.25, -0.2) is 4.98 Å². The highest BCUT2D eigenvalue weighted by atomic mass is 16.2. The van der Waals surface area contributed by atoms with Crippen molar-refractivity contribution in [2.75, 3.05) is 6.54 Å². The third-order valence-corrected chi connectivity index (χ3v) is 4.67. The number of likely N-dealkylation sites (tertiary alicyclic amines) is 1. The van der Waals surface area contributed by atoms with Crippen molar-refractivity contribution in [3.63, 3.8) is 0 Å². The molecule has 132 valence electrons. The van der Waals surface area contributed by atoms with Gasteiger partial charge in [0.15, 0.2) is 0 Å². The number of nitrogens with one attached hydrogen (secondary N) is 2. The van der Waals surface area contributed by atoms with E-state index in [1.54, 1.807) is 4.90 Å². The number of benzene rings is 2. The molecule has 1 fully saturated rings. The highest BCUT2D eigenvalue weighted by molar-refractivity contribution is 5.89. The number of aromatic amines is 1. The number of fused-ring (bicyclic) bond motifs is 1. The molecule has 0 saturated carbocycles. The Hall–Kier alpha value is -3.15. The fraction of sp³-hybridized carbons (Fsp3) is 0.250. The van der Waals surface area contributed by atoms with Crippen LogP contribution in [0.15, 0.2) is 54.6 Å². The van der Waals surface area contributed by atoms with Crippen molar-refractivity contribution in [1.82, 2.24) is 20.2 Å². The zero-order valence-electron chi connectivity index (χ0n) is 14.3. The van der Waals surface area contributed by atoms with Gasteiger partial charge in [0, 0.05) is 19.5 Å². The lowest BCUT2D eigenvalue weighted by Crippen LogP contribution is -2.32. The summed E-state index contributed by atoms with van der Waals surface area (Å²) in [5.41, 5.74) is 2.90. The van der Waals surface area contributed by atoms with Gasteiger partial charge in [-0.2, -0.15) is 0 Å². The van der Waals surface area contributed by atoms with E-state index in [0.717, 1.165) is 16.6 Å². The third-order valence-electron chi connectivity index (χ3n) is 4.67. The van der Waals surface area contributed by atoms with E-state index in [1.165, 1.54) is 0 Å². The lowest BCUT2D eigenvalue weighted by atomic mass is 10.1. The molecule has 2 amide bonds. The lowest BCUT2D eigenvalue weighted by Gasteiger charge is -2.16. The van der Waals surface area contributed by atoms with Crippen molar-refractivity contribution in [2.24, 2.45) is 5.92 Å². The molecule has 1 aliphatic rings. The van der Waals surface area contributed by atoms with Crippen molar-refractivity contribution >= 4 is 22.8 Å². The quantitative estimate of drug-likeness (QED) is 0.742. The molecule has 0 radical (unpaired) electrons. The van der Waals surface area contributed by atoms with Gasteiger partial charge >= 0.3 is 0 Å². The fourth-order valence-electron chi connectivity index (χ4n) is 3.31. The minimum Gasteiger partial charge on any atom is -0.349 e. The predicted octanol–water partition coefficient (Wildman–Crippen LogP) is 2.23. The molecule has 1 atom stereocenters. The van der Waals surface area contributed by atoms with Gasteiger partial charge in [-0.1, -0.05) is 42.5 Å². The van der Waals surface area contributed by atoms with Crippen molar-refractivity contribution in [1.29, 1.82) is 0 Å². The molecule has 2 N–H and O–H groups in total. The van der Waals surface area contributed by atoms with E-state index in [0.29, 0.717) is 25.5 Å². The average Bonchev–Trinajstić information content (AvgIpc) is 3.24. The van der Waals surface area contributed by atoms with E-state index in [2.05, 4.69) is 15.3 Å². The van der Waals surface area contributed by atoms with Gasteiger partial charge in [0.25, 0.3) is 0 Å². The summed E-state index contributed by atoms with van der Waals surface area (Å²) >= 11 is 0. The number of imidazole rings is 1. The van der Waals surface area contributed by atoms with Gasteiger partial charge in [0.2, 0.25) is 11.8 Å². The van der Waals surface area contributed by atoms with Crippen LogP contribution in [0.5, 0.6) is 0 Å². The second-order valence-electron chi connectivity index (χ2n) is 6.58.